The number of amides is 1. The Morgan fingerprint density at radius 1 is 1.28 bits per heavy atom. The van der Waals surface area contributed by atoms with E-state index in [4.69, 9.17) is 9.47 Å². The molecule has 1 N–H and O–H groups in total. The summed E-state index contributed by atoms with van der Waals surface area (Å²) in [6, 6.07) is 5.67. The zero-order valence-corrected chi connectivity index (χ0v) is 10.7. The van der Waals surface area contributed by atoms with Crippen molar-refractivity contribution < 1.29 is 14.3 Å². The molecule has 1 aliphatic rings. The fraction of sp³-hybridized carbons (Fsp3) is 0.385. The number of carbonyl (C=O) groups is 1. The summed E-state index contributed by atoms with van der Waals surface area (Å²) in [6.45, 7) is 1.90. The minimum atomic E-state index is -0.0691. The second kappa shape index (κ2) is 5.08. The number of nitrogens with one attached hydrogen (secondary N) is 1. The molecule has 2 rings (SSSR count). The van der Waals surface area contributed by atoms with Gasteiger partial charge in [-0.15, -0.1) is 0 Å². The van der Waals surface area contributed by atoms with Crippen LogP contribution in [0, 0.1) is 0 Å². The number of carbonyl (C=O) groups excluding carboxylic acids is 1. The molecule has 1 atom stereocenters. The van der Waals surface area contributed by atoms with Gasteiger partial charge >= 0.3 is 0 Å². The first kappa shape index (κ1) is 12.4. The van der Waals surface area contributed by atoms with Crippen LogP contribution in [0.1, 0.15) is 24.8 Å². The smallest absolute Gasteiger partial charge is 0.241 e. The van der Waals surface area contributed by atoms with Crippen LogP contribution in [0.15, 0.2) is 23.3 Å². The van der Waals surface area contributed by atoms with E-state index >= 15 is 0 Å². The Bertz CT molecular complexity index is 497. The van der Waals surface area contributed by atoms with Gasteiger partial charge in [-0.1, -0.05) is 6.07 Å². The van der Waals surface area contributed by atoms with E-state index in [1.54, 1.807) is 14.2 Å². The Hall–Kier alpha value is -2.04. The highest BCUT2D eigenvalue weighted by Gasteiger charge is 2.24. The van der Waals surface area contributed by atoms with Crippen molar-refractivity contribution in [2.45, 2.75) is 19.3 Å². The molecule has 0 aromatic heterocycles. The quantitative estimate of drug-likeness (QED) is 0.885. The summed E-state index contributed by atoms with van der Waals surface area (Å²) in [7, 11) is 3.19. The van der Waals surface area contributed by atoms with Crippen LogP contribution in [-0.4, -0.2) is 25.8 Å². The van der Waals surface area contributed by atoms with E-state index in [0.29, 0.717) is 17.9 Å². The highest BCUT2D eigenvalue weighted by atomic mass is 16.5. The summed E-state index contributed by atoms with van der Waals surface area (Å²) in [5.74, 6) is 1.27. The van der Waals surface area contributed by atoms with Crippen LogP contribution in [0.25, 0.3) is 0 Å². The number of nitrogens with zero attached hydrogens (tertiary/aromatic N) is 1. The largest absolute Gasteiger partial charge is 0.493 e. The second-order valence-corrected chi connectivity index (χ2v) is 4.16. The van der Waals surface area contributed by atoms with Crippen molar-refractivity contribution in [3.63, 3.8) is 0 Å². The molecule has 0 saturated heterocycles. The average molecular weight is 248 g/mol. The van der Waals surface area contributed by atoms with Crippen molar-refractivity contribution in [3.8, 4) is 11.5 Å². The summed E-state index contributed by atoms with van der Waals surface area (Å²) < 4.78 is 10.5. The minimum Gasteiger partial charge on any atom is -0.493 e. The third-order valence-corrected chi connectivity index (χ3v) is 3.06. The van der Waals surface area contributed by atoms with Gasteiger partial charge in [0.2, 0.25) is 5.91 Å². The van der Waals surface area contributed by atoms with Gasteiger partial charge in [0.25, 0.3) is 0 Å². The molecular weight excluding hydrogens is 232 g/mol. The summed E-state index contributed by atoms with van der Waals surface area (Å²) in [4.78, 5) is 11.4. The molecular formula is C13H16N2O3. The van der Waals surface area contributed by atoms with E-state index < -0.39 is 0 Å². The molecule has 1 aromatic carbocycles. The molecule has 1 amide bonds. The Balaban J connectivity index is 2.36. The lowest BCUT2D eigenvalue weighted by Crippen LogP contribution is -2.30. The zero-order valence-electron chi connectivity index (χ0n) is 10.7. The van der Waals surface area contributed by atoms with Crippen LogP contribution in [-0.2, 0) is 4.79 Å². The van der Waals surface area contributed by atoms with E-state index in [2.05, 4.69) is 10.5 Å². The summed E-state index contributed by atoms with van der Waals surface area (Å²) in [5.41, 5.74) is 4.37. The highest BCUT2D eigenvalue weighted by molar-refractivity contribution is 5.96. The molecule has 1 unspecified atom stereocenters. The standard InChI is InChI=1S/C13H16N2O3/c1-8-10(7-13(16)15-14-8)9-4-5-11(17-2)12(6-9)18-3/h4-6,10H,7H2,1-3H3,(H,15,16). The number of hydrogen-bond donors (Lipinski definition) is 1. The Labute approximate surface area is 106 Å². The SMILES string of the molecule is COc1ccc(C2CC(=O)NN=C2C)cc1OC. The lowest BCUT2D eigenvalue weighted by Gasteiger charge is -2.21. The van der Waals surface area contributed by atoms with Crippen molar-refractivity contribution in [2.24, 2.45) is 5.10 Å². The first-order valence-corrected chi connectivity index (χ1v) is 5.70. The van der Waals surface area contributed by atoms with Crippen LogP contribution < -0.4 is 14.9 Å². The molecule has 0 fully saturated rings. The van der Waals surface area contributed by atoms with Gasteiger partial charge in [-0.2, -0.15) is 5.10 Å². The van der Waals surface area contributed by atoms with Gasteiger partial charge in [0.1, 0.15) is 0 Å². The predicted octanol–water partition coefficient (Wildman–Crippen LogP) is 1.68. The maximum Gasteiger partial charge on any atom is 0.241 e. The minimum absolute atomic E-state index is 0.00134. The van der Waals surface area contributed by atoms with Gasteiger partial charge < -0.3 is 9.47 Å². The van der Waals surface area contributed by atoms with Gasteiger partial charge in [-0.25, -0.2) is 5.43 Å². The summed E-state index contributed by atoms with van der Waals surface area (Å²) >= 11 is 0. The normalized spacial score (nSPS) is 18.9. The monoisotopic (exact) mass is 248 g/mol. The molecule has 1 aliphatic heterocycles. The van der Waals surface area contributed by atoms with Crippen LogP contribution in [0.4, 0.5) is 0 Å². The van der Waals surface area contributed by atoms with E-state index in [0.717, 1.165) is 11.3 Å². The van der Waals surface area contributed by atoms with E-state index in [1.807, 2.05) is 25.1 Å². The summed E-state index contributed by atoms with van der Waals surface area (Å²) in [5, 5.41) is 4.01. The van der Waals surface area contributed by atoms with Crippen molar-refractivity contribution in [1.29, 1.82) is 0 Å². The molecule has 96 valence electrons. The zero-order chi connectivity index (χ0) is 13.1. The number of methoxy groups -OCH3 is 2. The molecule has 1 heterocycles. The molecule has 0 bridgehead atoms. The lowest BCUT2D eigenvalue weighted by molar-refractivity contribution is -0.121. The Morgan fingerprint density at radius 2 is 2.00 bits per heavy atom. The Morgan fingerprint density at radius 3 is 2.67 bits per heavy atom. The molecule has 0 aliphatic carbocycles. The number of benzene rings is 1. The van der Waals surface area contributed by atoms with Crippen molar-refractivity contribution in [2.75, 3.05) is 14.2 Å². The topological polar surface area (TPSA) is 59.9 Å². The average Bonchev–Trinajstić information content (AvgIpc) is 2.40. The first-order chi connectivity index (χ1) is 8.65. The third kappa shape index (κ3) is 2.30. The number of hydrogen-bond acceptors (Lipinski definition) is 4. The number of rotatable bonds is 3. The lowest BCUT2D eigenvalue weighted by atomic mass is 9.90. The van der Waals surface area contributed by atoms with E-state index in [-0.39, 0.29) is 11.8 Å². The second-order valence-electron chi connectivity index (χ2n) is 4.16. The van der Waals surface area contributed by atoms with Gasteiger partial charge in [-0.3, -0.25) is 4.79 Å². The van der Waals surface area contributed by atoms with Gasteiger partial charge in [0.05, 0.1) is 14.2 Å². The van der Waals surface area contributed by atoms with Gasteiger partial charge in [0, 0.05) is 18.1 Å². The maximum absolute atomic E-state index is 11.4. The maximum atomic E-state index is 11.4. The molecule has 0 spiro atoms. The molecule has 1 aromatic rings. The highest BCUT2D eigenvalue weighted by Crippen LogP contribution is 2.32. The number of ether oxygens (including phenoxy) is 2. The van der Waals surface area contributed by atoms with Crippen LogP contribution >= 0.6 is 0 Å². The fourth-order valence-corrected chi connectivity index (χ4v) is 2.04. The van der Waals surface area contributed by atoms with Crippen molar-refractivity contribution in [1.82, 2.24) is 5.43 Å². The van der Waals surface area contributed by atoms with E-state index in [9.17, 15) is 4.79 Å². The summed E-state index contributed by atoms with van der Waals surface area (Å²) in [6.07, 6.45) is 0.408. The van der Waals surface area contributed by atoms with Crippen LogP contribution in [0.3, 0.4) is 0 Å². The number of hydrazone groups is 1. The molecule has 18 heavy (non-hydrogen) atoms. The third-order valence-electron chi connectivity index (χ3n) is 3.06. The van der Waals surface area contributed by atoms with Gasteiger partial charge in [0.15, 0.2) is 11.5 Å². The van der Waals surface area contributed by atoms with Crippen LogP contribution in [0.5, 0.6) is 11.5 Å². The van der Waals surface area contributed by atoms with E-state index in [1.165, 1.54) is 0 Å². The Kier molecular flexibility index (Phi) is 3.50. The fourth-order valence-electron chi connectivity index (χ4n) is 2.04. The predicted molar refractivity (Wildman–Crippen MR) is 68.2 cm³/mol. The molecule has 0 radical (unpaired) electrons. The van der Waals surface area contributed by atoms with Crippen molar-refractivity contribution in [3.05, 3.63) is 23.8 Å². The molecule has 5 nitrogen and oxygen atoms in total. The molecule has 0 saturated carbocycles. The van der Waals surface area contributed by atoms with Crippen LogP contribution in [0.2, 0.25) is 0 Å². The van der Waals surface area contributed by atoms with Crippen molar-refractivity contribution >= 4 is 11.6 Å². The molecule has 5 heteroatoms. The first-order valence-electron chi connectivity index (χ1n) is 5.70. The van der Waals surface area contributed by atoms with Gasteiger partial charge in [-0.05, 0) is 24.6 Å².